The molecule has 28 heavy (non-hydrogen) atoms. The number of hydrogen-bond donors (Lipinski definition) is 0. The van der Waals surface area contributed by atoms with Crippen LogP contribution in [0.4, 0.5) is 0 Å². The van der Waals surface area contributed by atoms with Crippen LogP contribution in [0.1, 0.15) is 55.1 Å². The fourth-order valence-corrected chi connectivity index (χ4v) is 2.85. The van der Waals surface area contributed by atoms with Gasteiger partial charge in [0, 0.05) is 11.1 Å². The predicted molar refractivity (Wildman–Crippen MR) is 113 cm³/mol. The third-order valence-electron chi connectivity index (χ3n) is 4.39. The van der Waals surface area contributed by atoms with Crippen LogP contribution < -0.4 is 9.47 Å². The van der Waals surface area contributed by atoms with Crippen molar-refractivity contribution in [2.24, 2.45) is 0 Å². The summed E-state index contributed by atoms with van der Waals surface area (Å²) in [5.41, 5.74) is 2.53. The molecule has 0 amide bonds. The van der Waals surface area contributed by atoms with E-state index in [1.165, 1.54) is 5.56 Å². The zero-order valence-electron chi connectivity index (χ0n) is 16.8. The van der Waals surface area contributed by atoms with E-state index in [0.717, 1.165) is 11.5 Å². The molecule has 3 rings (SSSR count). The number of carbonyl (C=O) groups is 1. The Morgan fingerprint density at radius 2 is 1.07 bits per heavy atom. The van der Waals surface area contributed by atoms with E-state index in [9.17, 15) is 4.79 Å². The molecule has 0 atom stereocenters. The molecule has 0 N–H and O–H groups in total. The van der Waals surface area contributed by atoms with Gasteiger partial charge in [-0.3, -0.25) is 4.79 Å². The average Bonchev–Trinajstić information content (AvgIpc) is 2.68. The topological polar surface area (TPSA) is 35.5 Å². The van der Waals surface area contributed by atoms with E-state index in [-0.39, 0.29) is 11.9 Å². The summed E-state index contributed by atoms with van der Waals surface area (Å²) in [5.74, 6) is 2.71. The molecular weight excluding hydrogens is 348 g/mol. The Morgan fingerprint density at radius 3 is 1.50 bits per heavy atom. The summed E-state index contributed by atoms with van der Waals surface area (Å²) in [6.07, 6.45) is 0.107. The van der Waals surface area contributed by atoms with Crippen LogP contribution in [0.5, 0.6) is 17.2 Å². The molecular formula is C25H26O3. The lowest BCUT2D eigenvalue weighted by Crippen LogP contribution is -2.06. The molecule has 144 valence electrons. The average molecular weight is 374 g/mol. The first-order valence-corrected chi connectivity index (χ1v) is 9.61. The lowest BCUT2D eigenvalue weighted by Gasteiger charge is -2.10. The third-order valence-corrected chi connectivity index (χ3v) is 4.39. The maximum atomic E-state index is 12.7. The van der Waals surface area contributed by atoms with Gasteiger partial charge < -0.3 is 9.47 Å². The van der Waals surface area contributed by atoms with E-state index < -0.39 is 0 Å². The monoisotopic (exact) mass is 374 g/mol. The summed E-state index contributed by atoms with van der Waals surface area (Å²) in [7, 11) is 0. The van der Waals surface area contributed by atoms with Crippen molar-refractivity contribution < 1.29 is 14.3 Å². The zero-order valence-corrected chi connectivity index (χ0v) is 16.8. The second kappa shape index (κ2) is 8.75. The van der Waals surface area contributed by atoms with Crippen LogP contribution in [0.3, 0.4) is 0 Å². The summed E-state index contributed by atoms with van der Waals surface area (Å²) in [4.78, 5) is 12.7. The third kappa shape index (κ3) is 5.01. The molecule has 0 bridgehead atoms. The van der Waals surface area contributed by atoms with Crippen LogP contribution in [0.2, 0.25) is 0 Å². The van der Waals surface area contributed by atoms with E-state index in [4.69, 9.17) is 9.47 Å². The van der Waals surface area contributed by atoms with Crippen LogP contribution in [-0.4, -0.2) is 11.9 Å². The Kier molecular flexibility index (Phi) is 6.15. The van der Waals surface area contributed by atoms with Crippen LogP contribution in [-0.2, 0) is 0 Å². The van der Waals surface area contributed by atoms with Gasteiger partial charge in [0.25, 0.3) is 0 Å². The lowest BCUT2D eigenvalue weighted by molar-refractivity contribution is 0.103. The minimum absolute atomic E-state index is 0.0241. The van der Waals surface area contributed by atoms with Gasteiger partial charge in [0.15, 0.2) is 5.78 Å². The van der Waals surface area contributed by atoms with Gasteiger partial charge in [0.2, 0.25) is 0 Å². The SMILES string of the molecule is CC(C)Oc1ccc(C(=O)c2ccc(Oc3ccc(C(C)C)cc3)cc2)cc1. The van der Waals surface area contributed by atoms with E-state index in [0.29, 0.717) is 22.8 Å². The standard InChI is InChI=1S/C25H26O3/c1-17(2)19-5-11-23(12-6-19)28-24-15-9-21(10-16-24)25(26)20-7-13-22(14-8-20)27-18(3)4/h5-18H,1-4H3. The molecule has 0 aliphatic rings. The molecule has 3 nitrogen and oxygen atoms in total. The van der Waals surface area contributed by atoms with E-state index >= 15 is 0 Å². The molecule has 0 heterocycles. The smallest absolute Gasteiger partial charge is 0.193 e. The maximum absolute atomic E-state index is 12.7. The summed E-state index contributed by atoms with van der Waals surface area (Å²) in [5, 5.41) is 0. The maximum Gasteiger partial charge on any atom is 0.193 e. The minimum Gasteiger partial charge on any atom is -0.491 e. The van der Waals surface area contributed by atoms with Gasteiger partial charge in [-0.1, -0.05) is 26.0 Å². The Labute approximate surface area is 166 Å². The van der Waals surface area contributed by atoms with Gasteiger partial charge in [0.05, 0.1) is 6.10 Å². The second-order valence-electron chi connectivity index (χ2n) is 7.37. The van der Waals surface area contributed by atoms with Crippen molar-refractivity contribution in [1.29, 1.82) is 0 Å². The van der Waals surface area contributed by atoms with Crippen molar-refractivity contribution in [1.82, 2.24) is 0 Å². The van der Waals surface area contributed by atoms with Crippen molar-refractivity contribution in [2.45, 2.75) is 39.7 Å². The summed E-state index contributed by atoms with van der Waals surface area (Å²) in [6.45, 7) is 8.27. The van der Waals surface area contributed by atoms with Gasteiger partial charge in [-0.2, -0.15) is 0 Å². The van der Waals surface area contributed by atoms with E-state index in [2.05, 4.69) is 26.0 Å². The van der Waals surface area contributed by atoms with Gasteiger partial charge in [-0.15, -0.1) is 0 Å². The Balaban J connectivity index is 1.67. The Bertz CT molecular complexity index is 906. The van der Waals surface area contributed by atoms with Crippen LogP contribution in [0.25, 0.3) is 0 Å². The van der Waals surface area contributed by atoms with E-state index in [1.807, 2.05) is 50.2 Å². The molecule has 3 aromatic rings. The first-order chi connectivity index (χ1) is 13.4. The molecule has 0 unspecified atom stereocenters. The molecule has 0 saturated heterocycles. The summed E-state index contributed by atoms with van der Waals surface area (Å²) in [6, 6.07) is 22.5. The number of ketones is 1. The van der Waals surface area contributed by atoms with Crippen molar-refractivity contribution in [3.63, 3.8) is 0 Å². The summed E-state index contributed by atoms with van der Waals surface area (Å²) >= 11 is 0. The number of benzene rings is 3. The minimum atomic E-state index is -0.0241. The largest absolute Gasteiger partial charge is 0.491 e. The van der Waals surface area contributed by atoms with Crippen molar-refractivity contribution in [3.8, 4) is 17.2 Å². The predicted octanol–water partition coefficient (Wildman–Crippen LogP) is 6.62. The van der Waals surface area contributed by atoms with Crippen molar-refractivity contribution in [3.05, 3.63) is 89.5 Å². The molecule has 0 spiro atoms. The van der Waals surface area contributed by atoms with Gasteiger partial charge in [-0.25, -0.2) is 0 Å². The number of ether oxygens (including phenoxy) is 2. The highest BCUT2D eigenvalue weighted by molar-refractivity contribution is 6.09. The van der Waals surface area contributed by atoms with Gasteiger partial charge >= 0.3 is 0 Å². The highest BCUT2D eigenvalue weighted by atomic mass is 16.5. The van der Waals surface area contributed by atoms with Crippen LogP contribution in [0.15, 0.2) is 72.8 Å². The number of hydrogen-bond acceptors (Lipinski definition) is 3. The highest BCUT2D eigenvalue weighted by Crippen LogP contribution is 2.25. The lowest BCUT2D eigenvalue weighted by atomic mass is 10.0. The Morgan fingerprint density at radius 1 is 0.643 bits per heavy atom. The van der Waals surface area contributed by atoms with Gasteiger partial charge in [0.1, 0.15) is 17.2 Å². The van der Waals surface area contributed by atoms with Crippen molar-refractivity contribution in [2.75, 3.05) is 0 Å². The van der Waals surface area contributed by atoms with Crippen LogP contribution in [0, 0.1) is 0 Å². The molecule has 3 aromatic carbocycles. The zero-order chi connectivity index (χ0) is 20.1. The number of rotatable bonds is 7. The summed E-state index contributed by atoms with van der Waals surface area (Å²) < 4.78 is 11.5. The molecule has 3 heteroatoms. The first-order valence-electron chi connectivity index (χ1n) is 9.61. The second-order valence-corrected chi connectivity index (χ2v) is 7.37. The van der Waals surface area contributed by atoms with Crippen molar-refractivity contribution >= 4 is 5.78 Å². The fourth-order valence-electron chi connectivity index (χ4n) is 2.85. The van der Waals surface area contributed by atoms with E-state index in [1.54, 1.807) is 24.3 Å². The highest BCUT2D eigenvalue weighted by Gasteiger charge is 2.10. The number of carbonyl (C=O) groups excluding carboxylic acids is 1. The molecule has 0 aliphatic carbocycles. The first kappa shape index (κ1) is 19.7. The van der Waals surface area contributed by atoms with Crippen LogP contribution >= 0.6 is 0 Å². The molecule has 0 aromatic heterocycles. The quantitative estimate of drug-likeness (QED) is 0.436. The molecule has 0 fully saturated rings. The molecule has 0 radical (unpaired) electrons. The normalized spacial score (nSPS) is 10.9. The fraction of sp³-hybridized carbons (Fsp3) is 0.240. The van der Waals surface area contributed by atoms with Gasteiger partial charge in [-0.05, 0) is 86.0 Å². The molecule has 0 saturated carbocycles. The Hall–Kier alpha value is -3.07. The molecule has 0 aliphatic heterocycles.